The number of alkyl halides is 2. The SMILES string of the molecule is CSC=[N+]1c2ncnc3c2cc(C2CCS(=O)(=O)CC2)c(=O)n3CCCCC[C@@H](O)CN2CCC(CC2)C(F)(F)c2cccc(c2)[C@H]1C. The van der Waals surface area contributed by atoms with Gasteiger partial charge in [0.1, 0.15) is 26.8 Å². The van der Waals surface area contributed by atoms with Crippen LogP contribution in [-0.2, 0) is 22.3 Å². The van der Waals surface area contributed by atoms with Crippen LogP contribution in [0.4, 0.5) is 14.6 Å². The molecule has 0 aliphatic carbocycles. The number of rotatable bonds is 2. The van der Waals surface area contributed by atoms with Gasteiger partial charge in [-0.3, -0.25) is 9.36 Å². The average molecular weight is 703 g/mol. The second-order valence-corrected chi connectivity index (χ2v) is 16.7. The van der Waals surface area contributed by atoms with E-state index in [2.05, 4.69) is 9.88 Å². The highest BCUT2D eigenvalue weighted by atomic mass is 32.2. The number of nitrogens with zero attached hydrogens (tertiary/aromatic N) is 5. The van der Waals surface area contributed by atoms with Crippen molar-refractivity contribution in [2.24, 2.45) is 5.92 Å². The van der Waals surface area contributed by atoms with Gasteiger partial charge in [-0.2, -0.15) is 4.98 Å². The molecule has 9 nitrogen and oxygen atoms in total. The third-order valence-corrected chi connectivity index (χ3v) is 12.7. The molecule has 48 heavy (non-hydrogen) atoms. The van der Waals surface area contributed by atoms with Crippen molar-refractivity contribution in [2.45, 2.75) is 88.8 Å². The Kier molecular flexibility index (Phi) is 10.7. The van der Waals surface area contributed by atoms with Crippen LogP contribution < -0.4 is 5.56 Å². The minimum atomic E-state index is -3.13. The third-order valence-electron chi connectivity index (χ3n) is 10.5. The number of hydrogen-bond acceptors (Lipinski definition) is 8. The molecular formula is C35H46F2N5O4S2+. The Balaban J connectivity index is 1.47. The molecule has 1 aromatic carbocycles. The van der Waals surface area contributed by atoms with Gasteiger partial charge in [0.2, 0.25) is 6.33 Å². The lowest BCUT2D eigenvalue weighted by Crippen LogP contribution is -2.42. The predicted octanol–water partition coefficient (Wildman–Crippen LogP) is 5.62. The Labute approximate surface area is 285 Å². The number of pyridine rings is 1. The first-order chi connectivity index (χ1) is 23.0. The number of thioether (sulfide) groups is 1. The Morgan fingerprint density at radius 1 is 1.02 bits per heavy atom. The highest BCUT2D eigenvalue weighted by molar-refractivity contribution is 8.11. The summed E-state index contributed by atoms with van der Waals surface area (Å²) in [6.07, 6.45) is 7.16. The van der Waals surface area contributed by atoms with E-state index in [1.165, 1.54) is 24.2 Å². The van der Waals surface area contributed by atoms with Crippen molar-refractivity contribution in [1.82, 2.24) is 19.4 Å². The van der Waals surface area contributed by atoms with Gasteiger partial charge in [-0.1, -0.05) is 42.8 Å². The van der Waals surface area contributed by atoms with Gasteiger partial charge < -0.3 is 10.0 Å². The Morgan fingerprint density at radius 2 is 1.77 bits per heavy atom. The fourth-order valence-electron chi connectivity index (χ4n) is 7.63. The minimum Gasteiger partial charge on any atom is -0.392 e. The maximum atomic E-state index is 16.1. The number of aryl methyl sites for hydroxylation is 1. The van der Waals surface area contributed by atoms with E-state index in [4.69, 9.17) is 4.98 Å². The van der Waals surface area contributed by atoms with Crippen LogP contribution >= 0.6 is 11.8 Å². The van der Waals surface area contributed by atoms with Gasteiger partial charge in [-0.15, -0.1) is 0 Å². The molecule has 3 aromatic rings. The molecular weight excluding hydrogens is 657 g/mol. The van der Waals surface area contributed by atoms with Gasteiger partial charge in [0.25, 0.3) is 11.5 Å². The summed E-state index contributed by atoms with van der Waals surface area (Å²) < 4.78 is 60.4. The molecule has 260 valence electrons. The van der Waals surface area contributed by atoms with Crippen molar-refractivity contribution < 1.29 is 26.9 Å². The number of halogens is 2. The standard InChI is InChI=1S/C35H46F2N5O4S2/c1-24-26-7-6-8-28(19-26)35(36,37)27-10-15-40(16-11-27)21-29(43)9-4-3-5-14-41-32-31(33(39-22-38-32)42(24)23-47-2)20-30(34(41)44)25-12-17-48(45,46)18-13-25/h6-8,19-20,22-25,27,29,43H,3-5,9-18,21H2,1-2H3/q+1/t24-,29-/m1/s1. The zero-order valence-corrected chi connectivity index (χ0v) is 29.4. The monoisotopic (exact) mass is 702 g/mol. The zero-order valence-electron chi connectivity index (χ0n) is 27.7. The van der Waals surface area contributed by atoms with Crippen LogP contribution in [0.3, 0.4) is 0 Å². The van der Waals surface area contributed by atoms with Gasteiger partial charge in [0, 0.05) is 30.1 Å². The summed E-state index contributed by atoms with van der Waals surface area (Å²) in [5, 5.41) is 11.4. The van der Waals surface area contributed by atoms with E-state index in [0.29, 0.717) is 92.7 Å². The van der Waals surface area contributed by atoms with E-state index in [0.717, 1.165) is 12.8 Å². The lowest BCUT2D eigenvalue weighted by atomic mass is 9.85. The number of fused-ring (bicyclic) bond motifs is 9. The first kappa shape index (κ1) is 35.1. The molecule has 2 saturated heterocycles. The molecule has 1 N–H and O–H groups in total. The van der Waals surface area contributed by atoms with E-state index in [9.17, 15) is 18.3 Å². The Hall–Kier alpha value is -2.74. The lowest BCUT2D eigenvalue weighted by molar-refractivity contribution is -0.482. The summed E-state index contributed by atoms with van der Waals surface area (Å²) in [4.78, 5) is 25.5. The minimum absolute atomic E-state index is 0.00347. The molecule has 0 saturated carbocycles. The van der Waals surface area contributed by atoms with Crippen LogP contribution in [0.25, 0.3) is 11.0 Å². The zero-order chi connectivity index (χ0) is 34.1. The topological polar surface area (TPSA) is 108 Å². The molecule has 2 fully saturated rings. The number of piperidine rings is 1. The van der Waals surface area contributed by atoms with Crippen LogP contribution in [0, 0.1) is 5.92 Å². The van der Waals surface area contributed by atoms with E-state index in [-0.39, 0.29) is 34.6 Å². The fraction of sp³-hybridized carbons (Fsp3) is 0.600. The van der Waals surface area contributed by atoms with Gasteiger partial charge in [0.05, 0.1) is 17.6 Å². The molecule has 4 aliphatic heterocycles. The summed E-state index contributed by atoms with van der Waals surface area (Å²) in [6.45, 7) is 3.91. The summed E-state index contributed by atoms with van der Waals surface area (Å²) in [6, 6.07) is 8.13. The molecule has 4 aliphatic rings. The van der Waals surface area contributed by atoms with Gasteiger partial charge >= 0.3 is 5.82 Å². The number of benzene rings is 1. The number of aromatic nitrogens is 3. The van der Waals surface area contributed by atoms with Crippen LogP contribution in [-0.4, -0.2) is 86.6 Å². The number of sulfone groups is 1. The average Bonchev–Trinajstić information content (AvgIpc) is 3.07. The Bertz CT molecular complexity index is 1810. The summed E-state index contributed by atoms with van der Waals surface area (Å²) in [5.74, 6) is -3.37. The van der Waals surface area contributed by atoms with Crippen molar-refractivity contribution in [2.75, 3.05) is 37.4 Å². The van der Waals surface area contributed by atoms with Crippen LogP contribution in [0.5, 0.6) is 0 Å². The number of aliphatic hydroxyl groups excluding tert-OH is 1. The van der Waals surface area contributed by atoms with E-state index in [1.807, 2.05) is 35.4 Å². The lowest BCUT2D eigenvalue weighted by Gasteiger charge is -2.37. The molecule has 2 aromatic heterocycles. The van der Waals surface area contributed by atoms with E-state index >= 15 is 8.78 Å². The first-order valence-corrected chi connectivity index (χ1v) is 20.2. The Morgan fingerprint density at radius 3 is 2.50 bits per heavy atom. The number of hydrogen-bond donors (Lipinski definition) is 1. The molecule has 0 spiro atoms. The van der Waals surface area contributed by atoms with Crippen LogP contribution in [0.2, 0.25) is 0 Å². The highest BCUT2D eigenvalue weighted by Crippen LogP contribution is 2.43. The second kappa shape index (κ2) is 14.6. The van der Waals surface area contributed by atoms with Crippen LogP contribution in [0.1, 0.15) is 86.9 Å². The smallest absolute Gasteiger partial charge is 0.336 e. The normalized spacial score (nSPS) is 28.0. The summed E-state index contributed by atoms with van der Waals surface area (Å²) >= 11 is 1.47. The molecule has 2 atom stereocenters. The maximum absolute atomic E-state index is 16.1. The largest absolute Gasteiger partial charge is 0.392 e. The molecule has 13 heteroatoms. The van der Waals surface area contributed by atoms with E-state index in [1.54, 1.807) is 16.7 Å². The molecule has 0 amide bonds. The summed E-state index contributed by atoms with van der Waals surface area (Å²) in [7, 11) is -3.13. The quantitative estimate of drug-likeness (QED) is 0.271. The second-order valence-electron chi connectivity index (χ2n) is 13.7. The van der Waals surface area contributed by atoms with Crippen molar-refractivity contribution in [3.05, 3.63) is 63.7 Å². The molecule has 7 rings (SSSR count). The summed E-state index contributed by atoms with van der Waals surface area (Å²) in [5.41, 5.74) is 3.50. The van der Waals surface area contributed by atoms with Crippen molar-refractivity contribution >= 4 is 44.0 Å². The van der Waals surface area contributed by atoms with Crippen molar-refractivity contribution in [3.63, 3.8) is 0 Å². The maximum Gasteiger partial charge on any atom is 0.336 e. The highest BCUT2D eigenvalue weighted by Gasteiger charge is 2.43. The van der Waals surface area contributed by atoms with E-state index < -0.39 is 27.8 Å². The predicted molar refractivity (Wildman–Crippen MR) is 186 cm³/mol. The molecule has 6 heterocycles. The molecule has 8 bridgehead atoms. The van der Waals surface area contributed by atoms with Crippen LogP contribution in [0.15, 0.2) is 41.5 Å². The molecule has 0 unspecified atom stereocenters. The third kappa shape index (κ3) is 7.39. The van der Waals surface area contributed by atoms with Gasteiger partial charge in [-0.25, -0.2) is 21.8 Å². The van der Waals surface area contributed by atoms with Gasteiger partial charge in [-0.05, 0) is 93.4 Å². The van der Waals surface area contributed by atoms with Gasteiger partial charge in [0.15, 0.2) is 5.65 Å². The van der Waals surface area contributed by atoms with Crippen molar-refractivity contribution in [1.29, 1.82) is 0 Å². The van der Waals surface area contributed by atoms with Crippen molar-refractivity contribution in [3.8, 4) is 0 Å². The fourth-order valence-corrected chi connectivity index (χ4v) is 9.63. The first-order valence-electron chi connectivity index (χ1n) is 17.1. The molecule has 0 radical (unpaired) electrons. The number of aliphatic hydroxyl groups is 1.